The summed E-state index contributed by atoms with van der Waals surface area (Å²) in [5, 5.41) is 19.9. The number of anilines is 2. The van der Waals surface area contributed by atoms with E-state index in [1.807, 2.05) is 18.7 Å². The van der Waals surface area contributed by atoms with Crippen molar-refractivity contribution in [3.05, 3.63) is 58.6 Å². The number of rotatable bonds is 8. The number of nitro groups is 1. The van der Waals surface area contributed by atoms with Crippen molar-refractivity contribution in [1.82, 2.24) is 0 Å². The summed E-state index contributed by atoms with van der Waals surface area (Å²) in [6.07, 6.45) is 3.52. The zero-order valence-corrected chi connectivity index (χ0v) is 21.1. The second-order valence-corrected chi connectivity index (χ2v) is 11.1. The van der Waals surface area contributed by atoms with E-state index in [1.54, 1.807) is 24.5 Å². The van der Waals surface area contributed by atoms with Crippen LogP contribution < -0.4 is 9.64 Å². The van der Waals surface area contributed by atoms with Crippen molar-refractivity contribution in [3.8, 4) is 5.75 Å². The first-order chi connectivity index (χ1) is 16.5. The summed E-state index contributed by atoms with van der Waals surface area (Å²) in [6, 6.07) is 9.10. The number of hydrogen-bond donors (Lipinski definition) is 3. The number of hydrogen-bond acceptors (Lipinski definition) is 8. The van der Waals surface area contributed by atoms with E-state index in [-0.39, 0.29) is 22.1 Å². The van der Waals surface area contributed by atoms with Crippen molar-refractivity contribution < 1.29 is 33.1 Å². The van der Waals surface area contributed by atoms with Gasteiger partial charge < -0.3 is 14.7 Å². The number of halogens is 1. The molecule has 9 nitrogen and oxygen atoms in total. The Kier molecular flexibility index (Phi) is 8.00. The first-order valence-electron chi connectivity index (χ1n) is 10.7. The van der Waals surface area contributed by atoms with Gasteiger partial charge in [-0.25, -0.2) is 4.79 Å². The van der Waals surface area contributed by atoms with Crippen LogP contribution in [-0.4, -0.2) is 43.7 Å². The van der Waals surface area contributed by atoms with Crippen molar-refractivity contribution in [2.75, 3.05) is 23.5 Å². The van der Waals surface area contributed by atoms with Crippen LogP contribution in [0.1, 0.15) is 26.7 Å². The fraction of sp³-hybridized carbons (Fsp3) is 0.348. The molecule has 0 unspecified atom stereocenters. The van der Waals surface area contributed by atoms with Crippen molar-refractivity contribution in [3.63, 3.8) is 0 Å². The van der Waals surface area contributed by atoms with Crippen LogP contribution >= 0.6 is 22.4 Å². The van der Waals surface area contributed by atoms with Crippen molar-refractivity contribution >= 4 is 45.4 Å². The summed E-state index contributed by atoms with van der Waals surface area (Å²) in [5.74, 6) is -3.12. The van der Waals surface area contributed by atoms with Crippen LogP contribution in [0.5, 0.6) is 5.75 Å². The normalized spacial score (nSPS) is 17.8. The maximum atomic E-state index is 13.5. The van der Waals surface area contributed by atoms with Crippen LogP contribution in [0, 0.1) is 15.5 Å². The molecule has 35 heavy (non-hydrogen) atoms. The van der Waals surface area contributed by atoms with Gasteiger partial charge in [-0.3, -0.25) is 19.2 Å². The number of carboxylic acid groups (broad SMARTS) is 1. The first kappa shape index (κ1) is 26.8. The van der Waals surface area contributed by atoms with Gasteiger partial charge in [0.25, 0.3) is 5.69 Å². The molecule has 3 N–H and O–H groups in total. The van der Waals surface area contributed by atoms with Gasteiger partial charge in [0, 0.05) is 41.6 Å². The second kappa shape index (κ2) is 10.4. The van der Waals surface area contributed by atoms with E-state index in [1.165, 1.54) is 30.0 Å². The Bertz CT molecular complexity index is 1150. The molecule has 0 atom stereocenters. The third-order valence-electron chi connectivity index (χ3n) is 6.26. The Balaban J connectivity index is 2.23. The smallest absolute Gasteiger partial charge is 0.368 e. The Morgan fingerprint density at radius 2 is 1.91 bits per heavy atom. The number of carboxylic acids is 1. The van der Waals surface area contributed by atoms with Crippen LogP contribution in [0.2, 0.25) is 0 Å². The molecular weight excluding hydrogens is 499 g/mol. The summed E-state index contributed by atoms with van der Waals surface area (Å²) in [5.41, 5.74) is 0.584. The van der Waals surface area contributed by atoms with Crippen LogP contribution in [0.15, 0.2) is 58.3 Å². The number of fused-ring (bicyclic) bond motifs is 1. The third-order valence-corrected chi connectivity index (χ3v) is 9.06. The van der Waals surface area contributed by atoms with E-state index in [4.69, 9.17) is 9.84 Å². The lowest BCUT2D eigenvalue weighted by molar-refractivity contribution is -0.384. The summed E-state index contributed by atoms with van der Waals surface area (Å²) in [7, 11) is -3.35. The van der Waals surface area contributed by atoms with Gasteiger partial charge in [0.15, 0.2) is 0 Å². The quantitative estimate of drug-likeness (QED) is 0.113. The molecule has 0 aliphatic carbocycles. The van der Waals surface area contributed by atoms with Gasteiger partial charge in [0.2, 0.25) is 5.83 Å². The molecule has 1 aliphatic heterocycles. The largest absolute Gasteiger partial charge is 0.476 e. The monoisotopic (exact) mass is 526 g/mol. The minimum Gasteiger partial charge on any atom is -0.476 e. The number of aliphatic carboxylic acids is 1. The minimum absolute atomic E-state index is 0.0638. The summed E-state index contributed by atoms with van der Waals surface area (Å²) in [4.78, 5) is 24.1. The molecule has 0 spiro atoms. The van der Waals surface area contributed by atoms with Crippen LogP contribution in [0.3, 0.4) is 0 Å². The standard InChI is InChI=1S/C23H27FN2O7S2/c1-4-23(5-2)13-25(15-6-8-16(9-7-15)26(29)30)18-10-20(34-3)19(33-12-17(24)22(27)28)11-21(18)35(31,32)14-23/h6-12,31-32H,4-5,13-14H2,1-3H3,(H,27,28). The Morgan fingerprint density at radius 1 is 1.29 bits per heavy atom. The van der Waals surface area contributed by atoms with Gasteiger partial charge in [-0.05, 0) is 37.3 Å². The number of ether oxygens (including phenoxy) is 1. The van der Waals surface area contributed by atoms with Crippen LogP contribution in [0.4, 0.5) is 21.5 Å². The predicted octanol–water partition coefficient (Wildman–Crippen LogP) is 6.66. The minimum atomic E-state index is -3.35. The average molecular weight is 527 g/mol. The van der Waals surface area contributed by atoms with Crippen molar-refractivity contribution in [1.29, 1.82) is 0 Å². The molecule has 0 radical (unpaired) electrons. The topological polar surface area (TPSA) is 133 Å². The predicted molar refractivity (Wildman–Crippen MR) is 135 cm³/mol. The van der Waals surface area contributed by atoms with Gasteiger partial charge in [-0.2, -0.15) is 15.0 Å². The lowest BCUT2D eigenvalue weighted by Crippen LogP contribution is -2.36. The van der Waals surface area contributed by atoms with Gasteiger partial charge in [0.05, 0.1) is 20.4 Å². The Hall–Kier alpha value is -2.80. The van der Waals surface area contributed by atoms with Crippen molar-refractivity contribution in [2.24, 2.45) is 5.41 Å². The van der Waals surface area contributed by atoms with Crippen LogP contribution in [0.25, 0.3) is 0 Å². The van der Waals surface area contributed by atoms with Gasteiger partial charge in [0.1, 0.15) is 12.0 Å². The molecule has 190 valence electrons. The molecule has 0 amide bonds. The molecule has 1 aliphatic rings. The molecule has 0 aromatic heterocycles. The zero-order valence-electron chi connectivity index (χ0n) is 19.4. The molecule has 0 saturated heterocycles. The number of non-ortho nitro benzene ring substituents is 1. The van der Waals surface area contributed by atoms with Crippen LogP contribution in [-0.2, 0) is 4.79 Å². The molecular formula is C23H27FN2O7S2. The first-order valence-corrected chi connectivity index (χ1v) is 13.7. The summed E-state index contributed by atoms with van der Waals surface area (Å²) >= 11 is 1.26. The molecule has 0 bridgehead atoms. The molecule has 12 heteroatoms. The maximum absolute atomic E-state index is 13.5. The Labute approximate surface area is 208 Å². The fourth-order valence-electron chi connectivity index (χ4n) is 4.05. The van der Waals surface area contributed by atoms with E-state index < -0.39 is 32.7 Å². The molecule has 2 aromatic rings. The molecule has 0 saturated carbocycles. The molecule has 2 aromatic carbocycles. The lowest BCUT2D eigenvalue weighted by Gasteiger charge is -2.40. The highest BCUT2D eigenvalue weighted by Crippen LogP contribution is 2.61. The van der Waals surface area contributed by atoms with E-state index in [9.17, 15) is 28.4 Å². The van der Waals surface area contributed by atoms with E-state index >= 15 is 0 Å². The zero-order chi connectivity index (χ0) is 26.0. The summed E-state index contributed by atoms with van der Waals surface area (Å²) < 4.78 is 41.5. The molecule has 1 heterocycles. The lowest BCUT2D eigenvalue weighted by atomic mass is 9.83. The molecule has 3 rings (SSSR count). The fourth-order valence-corrected chi connectivity index (χ4v) is 6.90. The third kappa shape index (κ3) is 5.56. The van der Waals surface area contributed by atoms with E-state index in [0.717, 1.165) is 0 Å². The van der Waals surface area contributed by atoms with Gasteiger partial charge in [-0.1, -0.05) is 13.8 Å². The average Bonchev–Trinajstić information content (AvgIpc) is 2.93. The maximum Gasteiger partial charge on any atom is 0.368 e. The SMILES string of the molecule is CCC1(CC)CN(c2ccc([N+](=O)[O-])cc2)c2cc(SC)c(OC=C(F)C(=O)O)cc2S(O)(O)C1. The highest BCUT2D eigenvalue weighted by molar-refractivity contribution is 8.24. The number of nitrogens with zero attached hydrogens (tertiary/aromatic N) is 2. The van der Waals surface area contributed by atoms with Gasteiger partial charge >= 0.3 is 5.97 Å². The second-order valence-electron chi connectivity index (χ2n) is 8.24. The summed E-state index contributed by atoms with van der Waals surface area (Å²) in [6.45, 7) is 4.39. The Morgan fingerprint density at radius 3 is 2.43 bits per heavy atom. The number of carbonyl (C=O) groups is 1. The number of benzene rings is 2. The van der Waals surface area contributed by atoms with E-state index in [2.05, 4.69) is 0 Å². The highest BCUT2D eigenvalue weighted by Gasteiger charge is 2.41. The number of thioether (sulfide) groups is 1. The molecule has 0 fully saturated rings. The van der Waals surface area contributed by atoms with Gasteiger partial charge in [-0.15, -0.1) is 11.8 Å². The number of nitro benzene ring substituents is 1. The highest BCUT2D eigenvalue weighted by atomic mass is 32.3. The van der Waals surface area contributed by atoms with Crippen molar-refractivity contribution in [2.45, 2.75) is 36.5 Å². The van der Waals surface area contributed by atoms with E-state index in [0.29, 0.717) is 41.9 Å².